The fourth-order valence-corrected chi connectivity index (χ4v) is 2.39. The average molecular weight is 328 g/mol. The van der Waals surface area contributed by atoms with E-state index < -0.39 is 11.6 Å². The Balaban J connectivity index is 2.14. The third kappa shape index (κ3) is 4.83. The molecule has 2 aromatic rings. The van der Waals surface area contributed by atoms with E-state index in [0.717, 1.165) is 30.6 Å². The van der Waals surface area contributed by atoms with Crippen molar-refractivity contribution in [2.45, 2.75) is 39.5 Å². The number of ether oxygens (including phenoxy) is 1. The van der Waals surface area contributed by atoms with E-state index in [1.54, 1.807) is 36.4 Å². The Kier molecular flexibility index (Phi) is 6.81. The minimum atomic E-state index is -0.859. The van der Waals surface area contributed by atoms with Gasteiger partial charge in [0.05, 0.1) is 12.2 Å². The normalized spacial score (nSPS) is 10.2. The molecule has 0 atom stereocenters. The number of aryl methyl sites for hydroxylation is 1. The molecule has 126 valence electrons. The van der Waals surface area contributed by atoms with Gasteiger partial charge in [0.25, 0.3) is 0 Å². The molecule has 0 amide bonds. The fourth-order valence-electron chi connectivity index (χ4n) is 2.39. The Morgan fingerprint density at radius 1 is 0.875 bits per heavy atom. The first-order valence-corrected chi connectivity index (χ1v) is 8.37. The zero-order valence-electron chi connectivity index (χ0n) is 14.2. The highest BCUT2D eigenvalue weighted by atomic mass is 19.2. The molecule has 0 aliphatic carbocycles. The molecule has 1 nitrogen and oxygen atoms in total. The van der Waals surface area contributed by atoms with Crippen LogP contribution in [-0.2, 0) is 6.42 Å². The lowest BCUT2D eigenvalue weighted by Crippen LogP contribution is -1.98. The highest BCUT2D eigenvalue weighted by molar-refractivity contribution is 5.45. The molecule has 2 aromatic carbocycles. The minimum absolute atomic E-state index is 0.0839. The molecule has 0 saturated carbocycles. The van der Waals surface area contributed by atoms with Crippen molar-refractivity contribution in [2.75, 3.05) is 6.61 Å². The van der Waals surface area contributed by atoms with Gasteiger partial charge in [-0.3, -0.25) is 0 Å². The zero-order chi connectivity index (χ0) is 17.4. The molecule has 0 aliphatic heterocycles. The van der Waals surface area contributed by atoms with Crippen LogP contribution in [0.15, 0.2) is 36.4 Å². The number of rotatable bonds is 6. The number of unbranched alkanes of at least 4 members (excludes halogenated alkanes) is 2. The van der Waals surface area contributed by atoms with Crippen LogP contribution in [0.5, 0.6) is 5.75 Å². The lowest BCUT2D eigenvalue weighted by molar-refractivity contribution is 0.340. The van der Waals surface area contributed by atoms with Gasteiger partial charge in [-0.25, -0.2) is 8.78 Å². The molecule has 0 unspecified atom stereocenters. The van der Waals surface area contributed by atoms with Crippen LogP contribution in [0.4, 0.5) is 8.78 Å². The number of hydrogen-bond acceptors (Lipinski definition) is 1. The molecule has 0 N–H and O–H groups in total. The van der Waals surface area contributed by atoms with Gasteiger partial charge in [-0.05, 0) is 55.7 Å². The van der Waals surface area contributed by atoms with E-state index in [4.69, 9.17) is 4.74 Å². The molecular weight excluding hydrogens is 306 g/mol. The smallest absolute Gasteiger partial charge is 0.174 e. The second-order valence-electron chi connectivity index (χ2n) is 5.56. The average Bonchev–Trinajstić information content (AvgIpc) is 2.60. The Bertz CT molecular complexity index is 724. The molecule has 24 heavy (non-hydrogen) atoms. The monoisotopic (exact) mass is 328 g/mol. The van der Waals surface area contributed by atoms with Gasteiger partial charge in [-0.2, -0.15) is 0 Å². The second kappa shape index (κ2) is 9.08. The fraction of sp³-hybridized carbons (Fsp3) is 0.333. The van der Waals surface area contributed by atoms with Crippen molar-refractivity contribution in [3.63, 3.8) is 0 Å². The number of hydrogen-bond donors (Lipinski definition) is 0. The highest BCUT2D eigenvalue weighted by Crippen LogP contribution is 2.18. The maximum atomic E-state index is 14.1. The van der Waals surface area contributed by atoms with Gasteiger partial charge in [0, 0.05) is 5.56 Å². The van der Waals surface area contributed by atoms with E-state index in [9.17, 15) is 8.78 Å². The van der Waals surface area contributed by atoms with E-state index in [1.807, 2.05) is 6.92 Å². The second-order valence-corrected chi connectivity index (χ2v) is 5.56. The molecule has 0 heterocycles. The van der Waals surface area contributed by atoms with Crippen molar-refractivity contribution in [3.05, 3.63) is 64.7 Å². The van der Waals surface area contributed by atoms with Crippen LogP contribution in [-0.4, -0.2) is 6.61 Å². The molecule has 3 heteroatoms. The van der Waals surface area contributed by atoms with Crippen molar-refractivity contribution in [2.24, 2.45) is 0 Å². The lowest BCUT2D eigenvalue weighted by Gasteiger charge is -2.05. The van der Waals surface area contributed by atoms with E-state index >= 15 is 0 Å². The Morgan fingerprint density at radius 2 is 1.62 bits per heavy atom. The number of benzene rings is 2. The summed E-state index contributed by atoms with van der Waals surface area (Å²) in [7, 11) is 0. The van der Waals surface area contributed by atoms with E-state index in [2.05, 4.69) is 18.8 Å². The maximum absolute atomic E-state index is 14.1. The van der Waals surface area contributed by atoms with Crippen LogP contribution in [0.3, 0.4) is 0 Å². The summed E-state index contributed by atoms with van der Waals surface area (Å²) in [6.45, 7) is 4.59. The van der Waals surface area contributed by atoms with Crippen molar-refractivity contribution < 1.29 is 13.5 Å². The van der Waals surface area contributed by atoms with Gasteiger partial charge in [-0.15, -0.1) is 0 Å². The van der Waals surface area contributed by atoms with Gasteiger partial charge in [0.15, 0.2) is 11.6 Å². The summed E-state index contributed by atoms with van der Waals surface area (Å²) in [6.07, 6.45) is 3.49. The Morgan fingerprint density at radius 3 is 2.29 bits per heavy atom. The maximum Gasteiger partial charge on any atom is 0.174 e. The van der Waals surface area contributed by atoms with Crippen LogP contribution >= 0.6 is 0 Å². The van der Waals surface area contributed by atoms with Gasteiger partial charge >= 0.3 is 0 Å². The predicted molar refractivity (Wildman–Crippen MR) is 93.2 cm³/mol. The van der Waals surface area contributed by atoms with E-state index in [1.165, 1.54) is 0 Å². The van der Waals surface area contributed by atoms with Gasteiger partial charge in [0.2, 0.25) is 0 Å². The van der Waals surface area contributed by atoms with Crippen LogP contribution in [0.1, 0.15) is 49.8 Å². The molecule has 0 aliphatic rings. The largest absolute Gasteiger partial charge is 0.494 e. The van der Waals surface area contributed by atoms with Gasteiger partial charge in [0.1, 0.15) is 5.75 Å². The molecule has 0 saturated heterocycles. The van der Waals surface area contributed by atoms with Crippen LogP contribution in [0, 0.1) is 23.5 Å². The highest BCUT2D eigenvalue weighted by Gasteiger charge is 2.11. The summed E-state index contributed by atoms with van der Waals surface area (Å²) in [5.74, 6) is 4.70. The first kappa shape index (κ1) is 18.0. The Labute approximate surface area is 142 Å². The van der Waals surface area contributed by atoms with Crippen molar-refractivity contribution in [1.29, 1.82) is 0 Å². The zero-order valence-corrected chi connectivity index (χ0v) is 14.2. The topological polar surface area (TPSA) is 9.23 Å². The molecule has 0 fully saturated rings. The summed E-state index contributed by atoms with van der Waals surface area (Å²) >= 11 is 0. The standard InChI is InChI=1S/C21H22F2O/c1-3-5-6-7-17-12-13-18(21(23)20(17)22)11-8-16-9-14-19(15-10-16)24-4-2/h9-10,12-15H,3-7H2,1-2H3. The van der Waals surface area contributed by atoms with Crippen molar-refractivity contribution >= 4 is 0 Å². The quantitative estimate of drug-likeness (QED) is 0.503. The van der Waals surface area contributed by atoms with Gasteiger partial charge in [-0.1, -0.05) is 37.7 Å². The summed E-state index contributed by atoms with van der Waals surface area (Å²) in [5, 5.41) is 0. The summed E-state index contributed by atoms with van der Waals surface area (Å²) in [6, 6.07) is 10.4. The van der Waals surface area contributed by atoms with Crippen LogP contribution < -0.4 is 4.74 Å². The van der Waals surface area contributed by atoms with Crippen molar-refractivity contribution in [1.82, 2.24) is 0 Å². The molecule has 2 rings (SSSR count). The summed E-state index contributed by atoms with van der Waals surface area (Å²) in [4.78, 5) is 0. The molecule has 0 radical (unpaired) electrons. The first-order chi connectivity index (χ1) is 11.7. The summed E-state index contributed by atoms with van der Waals surface area (Å²) < 4.78 is 33.6. The van der Waals surface area contributed by atoms with E-state index in [0.29, 0.717) is 18.6 Å². The third-order valence-corrected chi connectivity index (χ3v) is 3.72. The Hall–Kier alpha value is -2.34. The predicted octanol–water partition coefficient (Wildman–Crippen LogP) is 5.50. The molecule has 0 aromatic heterocycles. The minimum Gasteiger partial charge on any atom is -0.494 e. The lowest BCUT2D eigenvalue weighted by atomic mass is 10.0. The summed E-state index contributed by atoms with van der Waals surface area (Å²) in [5.41, 5.74) is 1.23. The molecule has 0 spiro atoms. The van der Waals surface area contributed by atoms with Gasteiger partial charge < -0.3 is 4.74 Å². The molecule has 0 bridgehead atoms. The SMILES string of the molecule is CCCCCc1ccc(C#Cc2ccc(OCC)cc2)c(F)c1F. The first-order valence-electron chi connectivity index (χ1n) is 8.37. The van der Waals surface area contributed by atoms with Crippen LogP contribution in [0.25, 0.3) is 0 Å². The third-order valence-electron chi connectivity index (χ3n) is 3.72. The van der Waals surface area contributed by atoms with Crippen molar-refractivity contribution in [3.8, 4) is 17.6 Å². The number of halogens is 2. The van der Waals surface area contributed by atoms with Crippen LogP contribution in [0.2, 0.25) is 0 Å². The molecular formula is C21H22F2O. The van der Waals surface area contributed by atoms with E-state index in [-0.39, 0.29) is 5.56 Å².